The summed E-state index contributed by atoms with van der Waals surface area (Å²) in [7, 11) is 1.20. The van der Waals surface area contributed by atoms with E-state index in [9.17, 15) is 22.8 Å². The Labute approximate surface area is 120 Å². The van der Waals surface area contributed by atoms with Crippen LogP contribution in [0.4, 0.5) is 13.2 Å². The smallest absolute Gasteiger partial charge is 0.416 e. The van der Waals surface area contributed by atoms with Crippen molar-refractivity contribution in [2.75, 3.05) is 7.11 Å². The van der Waals surface area contributed by atoms with Gasteiger partial charge in [0, 0.05) is 5.56 Å². The fourth-order valence-electron chi connectivity index (χ4n) is 1.66. The van der Waals surface area contributed by atoms with Gasteiger partial charge in [-0.3, -0.25) is 4.79 Å². The van der Waals surface area contributed by atoms with Crippen LogP contribution in [-0.2, 0) is 15.7 Å². The summed E-state index contributed by atoms with van der Waals surface area (Å²) in [5, 5.41) is 2.45. The van der Waals surface area contributed by atoms with E-state index in [1.54, 1.807) is 13.8 Å². The normalized spacial score (nSPS) is 12.9. The van der Waals surface area contributed by atoms with Gasteiger partial charge in [0.25, 0.3) is 5.91 Å². The zero-order valence-electron chi connectivity index (χ0n) is 11.8. The van der Waals surface area contributed by atoms with E-state index in [4.69, 9.17) is 0 Å². The minimum atomic E-state index is -4.46. The van der Waals surface area contributed by atoms with Crippen molar-refractivity contribution < 1.29 is 27.5 Å². The van der Waals surface area contributed by atoms with Gasteiger partial charge < -0.3 is 10.1 Å². The molecule has 1 atom stereocenters. The molecule has 1 aromatic rings. The third-order valence-corrected chi connectivity index (χ3v) is 2.88. The first-order chi connectivity index (χ1) is 9.66. The maximum Gasteiger partial charge on any atom is 0.416 e. The largest absolute Gasteiger partial charge is 0.467 e. The second kappa shape index (κ2) is 6.60. The van der Waals surface area contributed by atoms with Gasteiger partial charge in [0.2, 0.25) is 0 Å². The predicted octanol–water partition coefficient (Wildman–Crippen LogP) is 2.63. The fourth-order valence-corrected chi connectivity index (χ4v) is 1.66. The van der Waals surface area contributed by atoms with Gasteiger partial charge in [0.15, 0.2) is 0 Å². The Morgan fingerprint density at radius 1 is 1.14 bits per heavy atom. The van der Waals surface area contributed by atoms with E-state index in [-0.39, 0.29) is 11.5 Å². The van der Waals surface area contributed by atoms with E-state index >= 15 is 0 Å². The number of carbonyl (C=O) groups excluding carboxylic acids is 2. The molecule has 1 N–H and O–H groups in total. The Morgan fingerprint density at radius 3 is 2.05 bits per heavy atom. The number of halogens is 3. The molecule has 0 aliphatic heterocycles. The number of esters is 1. The van der Waals surface area contributed by atoms with Crippen LogP contribution in [0.2, 0.25) is 0 Å². The average Bonchev–Trinajstić information content (AvgIpc) is 2.42. The highest BCUT2D eigenvalue weighted by molar-refractivity contribution is 5.96. The van der Waals surface area contributed by atoms with Crippen LogP contribution in [0, 0.1) is 5.92 Å². The standard InChI is InChI=1S/C14H16F3NO3/c1-8(2)11(13(20)21-3)18-12(19)9-4-6-10(7-5-9)14(15,16)17/h4-8,11H,1-3H3,(H,18,19)/t11-/m1/s1. The zero-order chi connectivity index (χ0) is 16.2. The number of methoxy groups -OCH3 is 1. The first-order valence-corrected chi connectivity index (χ1v) is 6.22. The molecular weight excluding hydrogens is 287 g/mol. The molecule has 1 rings (SSSR count). The maximum atomic E-state index is 12.4. The lowest BCUT2D eigenvalue weighted by molar-refractivity contribution is -0.144. The molecule has 1 aromatic carbocycles. The second-order valence-corrected chi connectivity index (χ2v) is 4.79. The molecule has 0 bridgehead atoms. The van der Waals surface area contributed by atoms with Crippen molar-refractivity contribution in [2.45, 2.75) is 26.1 Å². The second-order valence-electron chi connectivity index (χ2n) is 4.79. The summed E-state index contributed by atoms with van der Waals surface area (Å²) < 4.78 is 41.9. The van der Waals surface area contributed by atoms with E-state index in [0.29, 0.717) is 0 Å². The van der Waals surface area contributed by atoms with Gasteiger partial charge in [-0.05, 0) is 30.2 Å². The molecule has 0 fully saturated rings. The molecule has 0 aliphatic rings. The van der Waals surface area contributed by atoms with Crippen LogP contribution in [0.25, 0.3) is 0 Å². The molecule has 0 saturated carbocycles. The van der Waals surface area contributed by atoms with E-state index < -0.39 is 29.7 Å². The molecule has 116 valence electrons. The monoisotopic (exact) mass is 303 g/mol. The summed E-state index contributed by atoms with van der Waals surface area (Å²) in [4.78, 5) is 23.5. The van der Waals surface area contributed by atoms with Crippen LogP contribution >= 0.6 is 0 Å². The molecule has 21 heavy (non-hydrogen) atoms. The Morgan fingerprint density at radius 2 is 1.67 bits per heavy atom. The topological polar surface area (TPSA) is 55.4 Å². The number of benzene rings is 1. The van der Waals surface area contributed by atoms with Gasteiger partial charge in [-0.2, -0.15) is 13.2 Å². The van der Waals surface area contributed by atoms with Gasteiger partial charge in [-0.25, -0.2) is 4.79 Å². The molecule has 0 saturated heterocycles. The van der Waals surface area contributed by atoms with Gasteiger partial charge in [0.05, 0.1) is 12.7 Å². The van der Waals surface area contributed by atoms with Crippen molar-refractivity contribution in [1.29, 1.82) is 0 Å². The highest BCUT2D eigenvalue weighted by atomic mass is 19.4. The lowest BCUT2D eigenvalue weighted by Crippen LogP contribution is -2.45. The Hall–Kier alpha value is -2.05. The minimum absolute atomic E-state index is 0.0394. The van der Waals surface area contributed by atoms with E-state index in [2.05, 4.69) is 10.1 Å². The Bertz CT molecular complexity index is 509. The molecule has 7 heteroatoms. The van der Waals surface area contributed by atoms with Gasteiger partial charge in [-0.1, -0.05) is 13.8 Å². The van der Waals surface area contributed by atoms with Gasteiger partial charge in [-0.15, -0.1) is 0 Å². The van der Waals surface area contributed by atoms with Gasteiger partial charge in [0.1, 0.15) is 6.04 Å². The first kappa shape index (κ1) is 17.0. The number of nitrogens with one attached hydrogen (secondary N) is 1. The summed E-state index contributed by atoms with van der Waals surface area (Å²) in [6, 6.07) is 2.90. The van der Waals surface area contributed by atoms with Crippen LogP contribution in [0.1, 0.15) is 29.8 Å². The Balaban J connectivity index is 2.86. The van der Waals surface area contributed by atoms with Crippen molar-refractivity contribution in [1.82, 2.24) is 5.32 Å². The lowest BCUT2D eigenvalue weighted by atomic mass is 10.0. The molecule has 0 radical (unpaired) electrons. The summed E-state index contributed by atoms with van der Waals surface area (Å²) in [5.41, 5.74) is -0.801. The maximum absolute atomic E-state index is 12.4. The van der Waals surface area contributed by atoms with Crippen molar-refractivity contribution >= 4 is 11.9 Å². The summed E-state index contributed by atoms with van der Waals surface area (Å²) in [6.07, 6.45) is -4.46. The summed E-state index contributed by atoms with van der Waals surface area (Å²) >= 11 is 0. The van der Waals surface area contributed by atoms with E-state index in [0.717, 1.165) is 24.3 Å². The van der Waals surface area contributed by atoms with E-state index in [1.807, 2.05) is 0 Å². The number of alkyl halides is 3. The van der Waals surface area contributed by atoms with Crippen molar-refractivity contribution in [3.05, 3.63) is 35.4 Å². The fraction of sp³-hybridized carbons (Fsp3) is 0.429. The molecule has 0 aliphatic carbocycles. The van der Waals surface area contributed by atoms with Crippen LogP contribution in [0.15, 0.2) is 24.3 Å². The van der Waals surface area contributed by atoms with Crippen molar-refractivity contribution in [2.24, 2.45) is 5.92 Å². The van der Waals surface area contributed by atoms with E-state index in [1.165, 1.54) is 7.11 Å². The summed E-state index contributed by atoms with van der Waals surface area (Å²) in [6.45, 7) is 3.43. The van der Waals surface area contributed by atoms with Crippen LogP contribution in [0.3, 0.4) is 0 Å². The summed E-state index contributed by atoms with van der Waals surface area (Å²) in [5.74, 6) is -1.45. The first-order valence-electron chi connectivity index (χ1n) is 6.22. The highest BCUT2D eigenvalue weighted by Gasteiger charge is 2.30. The molecule has 0 unspecified atom stereocenters. The molecule has 0 spiro atoms. The highest BCUT2D eigenvalue weighted by Crippen LogP contribution is 2.29. The van der Waals surface area contributed by atoms with Crippen LogP contribution in [-0.4, -0.2) is 25.0 Å². The molecular formula is C14H16F3NO3. The molecule has 4 nitrogen and oxygen atoms in total. The zero-order valence-corrected chi connectivity index (χ0v) is 11.8. The average molecular weight is 303 g/mol. The third kappa shape index (κ3) is 4.47. The molecule has 0 aromatic heterocycles. The molecule has 0 heterocycles. The SMILES string of the molecule is COC(=O)[C@H](NC(=O)c1ccc(C(F)(F)F)cc1)C(C)C. The number of amides is 1. The predicted molar refractivity (Wildman–Crippen MR) is 69.6 cm³/mol. The number of ether oxygens (including phenoxy) is 1. The number of hydrogen-bond donors (Lipinski definition) is 1. The van der Waals surface area contributed by atoms with Gasteiger partial charge >= 0.3 is 12.1 Å². The van der Waals surface area contributed by atoms with Crippen molar-refractivity contribution in [3.8, 4) is 0 Å². The van der Waals surface area contributed by atoms with Crippen LogP contribution < -0.4 is 5.32 Å². The minimum Gasteiger partial charge on any atom is -0.467 e. The Kier molecular flexibility index (Phi) is 5.34. The lowest BCUT2D eigenvalue weighted by Gasteiger charge is -2.19. The third-order valence-electron chi connectivity index (χ3n) is 2.88. The quantitative estimate of drug-likeness (QED) is 0.870. The number of hydrogen-bond acceptors (Lipinski definition) is 3. The number of carbonyl (C=O) groups is 2. The number of rotatable bonds is 4. The van der Waals surface area contributed by atoms with Crippen LogP contribution in [0.5, 0.6) is 0 Å². The van der Waals surface area contributed by atoms with Crippen molar-refractivity contribution in [3.63, 3.8) is 0 Å². The molecule has 1 amide bonds.